The second-order valence-corrected chi connectivity index (χ2v) is 5.99. The normalized spacial score (nSPS) is 11.8. The Bertz CT molecular complexity index is 540. The minimum atomic E-state index is -3.74. The fourth-order valence-electron chi connectivity index (χ4n) is 1.52. The summed E-state index contributed by atoms with van der Waals surface area (Å²) in [7, 11) is 0.675. The molecule has 114 valence electrons. The molecular formula is C11H19N3O5S. The van der Waals surface area contributed by atoms with E-state index in [1.54, 1.807) is 11.6 Å². The minimum Gasteiger partial charge on any atom is -0.469 e. The van der Waals surface area contributed by atoms with E-state index in [-0.39, 0.29) is 31.1 Å². The third-order valence-electron chi connectivity index (χ3n) is 2.62. The molecule has 0 fully saturated rings. The molecule has 0 bridgehead atoms. The first-order chi connectivity index (χ1) is 9.41. The van der Waals surface area contributed by atoms with Gasteiger partial charge in [-0.05, 0) is 0 Å². The summed E-state index contributed by atoms with van der Waals surface area (Å²) in [6, 6.07) is 0. The van der Waals surface area contributed by atoms with Gasteiger partial charge >= 0.3 is 5.97 Å². The molecule has 0 aliphatic rings. The van der Waals surface area contributed by atoms with Crippen LogP contribution >= 0.6 is 0 Å². The van der Waals surface area contributed by atoms with Crippen LogP contribution in [-0.2, 0) is 31.3 Å². The van der Waals surface area contributed by atoms with Gasteiger partial charge in [-0.3, -0.25) is 4.79 Å². The number of aromatic nitrogens is 2. The predicted octanol–water partition coefficient (Wildman–Crippen LogP) is -0.380. The summed E-state index contributed by atoms with van der Waals surface area (Å²) in [6.45, 7) is 0.397. The summed E-state index contributed by atoms with van der Waals surface area (Å²) in [5, 5.41) is -0.0547. The number of carbonyl (C=O) groups is 1. The molecule has 0 N–H and O–H groups in total. The molecule has 1 aromatic heterocycles. The van der Waals surface area contributed by atoms with E-state index in [0.29, 0.717) is 0 Å². The van der Waals surface area contributed by atoms with Crippen molar-refractivity contribution in [2.45, 2.75) is 11.4 Å². The number of ether oxygens (including phenoxy) is 2. The van der Waals surface area contributed by atoms with Gasteiger partial charge in [0, 0.05) is 33.4 Å². The van der Waals surface area contributed by atoms with Gasteiger partial charge in [-0.2, -0.15) is 4.31 Å². The maximum Gasteiger partial charge on any atom is 0.306 e. The lowest BCUT2D eigenvalue weighted by molar-refractivity contribution is -0.140. The van der Waals surface area contributed by atoms with Gasteiger partial charge < -0.3 is 14.0 Å². The van der Waals surface area contributed by atoms with Crippen LogP contribution in [0.3, 0.4) is 0 Å². The van der Waals surface area contributed by atoms with Crippen LogP contribution in [-0.4, -0.2) is 62.2 Å². The number of sulfonamides is 1. The largest absolute Gasteiger partial charge is 0.469 e. The highest BCUT2D eigenvalue weighted by Crippen LogP contribution is 2.13. The molecule has 1 aromatic rings. The van der Waals surface area contributed by atoms with Crippen molar-refractivity contribution in [2.75, 3.05) is 33.9 Å². The zero-order valence-corrected chi connectivity index (χ0v) is 12.6. The lowest BCUT2D eigenvalue weighted by atomic mass is 10.4. The van der Waals surface area contributed by atoms with Gasteiger partial charge in [0.25, 0.3) is 10.0 Å². The van der Waals surface area contributed by atoms with E-state index in [2.05, 4.69) is 9.72 Å². The molecule has 8 nitrogen and oxygen atoms in total. The van der Waals surface area contributed by atoms with Crippen molar-refractivity contribution in [3.8, 4) is 0 Å². The quantitative estimate of drug-likeness (QED) is 0.608. The fourth-order valence-corrected chi connectivity index (χ4v) is 2.91. The SMILES string of the molecule is COCCN(CCC(=O)OC)S(=O)(=O)c1cn(C)cn1. The van der Waals surface area contributed by atoms with Gasteiger partial charge in [-0.1, -0.05) is 0 Å². The zero-order valence-electron chi connectivity index (χ0n) is 11.8. The van der Waals surface area contributed by atoms with Crippen LogP contribution in [0.5, 0.6) is 0 Å². The number of nitrogens with zero attached hydrogens (tertiary/aromatic N) is 3. The van der Waals surface area contributed by atoms with Crippen LogP contribution in [0, 0.1) is 0 Å². The van der Waals surface area contributed by atoms with Crippen LogP contribution in [0.2, 0.25) is 0 Å². The molecule has 0 amide bonds. The fraction of sp³-hybridized carbons (Fsp3) is 0.636. The number of rotatable bonds is 8. The lowest BCUT2D eigenvalue weighted by Crippen LogP contribution is -2.36. The molecule has 1 heterocycles. The summed E-state index contributed by atoms with van der Waals surface area (Å²) in [4.78, 5) is 15.0. The molecule has 0 aliphatic carbocycles. The van der Waals surface area contributed by atoms with Crippen molar-refractivity contribution >= 4 is 16.0 Å². The Hall–Kier alpha value is -1.45. The molecule has 1 rings (SSSR count). The number of carbonyl (C=O) groups excluding carboxylic acids is 1. The van der Waals surface area contributed by atoms with Crippen molar-refractivity contribution in [1.29, 1.82) is 0 Å². The summed E-state index contributed by atoms with van der Waals surface area (Å²) in [6.07, 6.45) is 2.79. The first-order valence-electron chi connectivity index (χ1n) is 5.95. The highest BCUT2D eigenvalue weighted by molar-refractivity contribution is 7.89. The molecule has 0 atom stereocenters. The summed E-state index contributed by atoms with van der Waals surface area (Å²) >= 11 is 0. The number of hydrogen-bond donors (Lipinski definition) is 0. The highest BCUT2D eigenvalue weighted by atomic mass is 32.2. The Morgan fingerprint density at radius 3 is 2.60 bits per heavy atom. The number of imidazole rings is 1. The van der Waals surface area contributed by atoms with Crippen molar-refractivity contribution in [3.63, 3.8) is 0 Å². The van der Waals surface area contributed by atoms with Gasteiger partial charge in [-0.25, -0.2) is 13.4 Å². The Morgan fingerprint density at radius 2 is 2.10 bits per heavy atom. The second kappa shape index (κ2) is 7.36. The smallest absolute Gasteiger partial charge is 0.306 e. The molecular weight excluding hydrogens is 286 g/mol. The van der Waals surface area contributed by atoms with Crippen molar-refractivity contribution in [1.82, 2.24) is 13.9 Å². The number of esters is 1. The molecule has 0 unspecified atom stereocenters. The van der Waals surface area contributed by atoms with E-state index in [1.165, 1.54) is 26.7 Å². The van der Waals surface area contributed by atoms with Gasteiger partial charge in [0.05, 0.1) is 26.5 Å². The Kier molecular flexibility index (Phi) is 6.11. The maximum absolute atomic E-state index is 12.4. The monoisotopic (exact) mass is 305 g/mol. The first kappa shape index (κ1) is 16.6. The van der Waals surface area contributed by atoms with Crippen LogP contribution in [0.4, 0.5) is 0 Å². The molecule has 9 heteroatoms. The lowest BCUT2D eigenvalue weighted by Gasteiger charge is -2.20. The van der Waals surface area contributed by atoms with E-state index >= 15 is 0 Å². The van der Waals surface area contributed by atoms with Gasteiger partial charge in [0.2, 0.25) is 0 Å². The standard InChI is InChI=1S/C11H19N3O5S/c1-13-8-10(12-9-13)20(16,17)14(6-7-18-2)5-4-11(15)19-3/h8-9H,4-7H2,1-3H3. The minimum absolute atomic E-state index is 0.0215. The van der Waals surface area contributed by atoms with E-state index < -0.39 is 16.0 Å². The van der Waals surface area contributed by atoms with Crippen LogP contribution in [0.1, 0.15) is 6.42 Å². The molecule has 0 radical (unpaired) electrons. The molecule has 20 heavy (non-hydrogen) atoms. The third-order valence-corrected chi connectivity index (χ3v) is 4.41. The Balaban J connectivity index is 2.88. The van der Waals surface area contributed by atoms with Crippen LogP contribution in [0.15, 0.2) is 17.6 Å². The number of hydrogen-bond acceptors (Lipinski definition) is 6. The molecule has 0 saturated carbocycles. The highest BCUT2D eigenvalue weighted by Gasteiger charge is 2.26. The van der Waals surface area contributed by atoms with Crippen LogP contribution < -0.4 is 0 Å². The van der Waals surface area contributed by atoms with Gasteiger partial charge in [-0.15, -0.1) is 0 Å². The molecule has 0 aromatic carbocycles. The summed E-state index contributed by atoms with van der Waals surface area (Å²) in [5.74, 6) is -0.469. The van der Waals surface area contributed by atoms with Gasteiger partial charge in [0.1, 0.15) is 0 Å². The molecule has 0 spiro atoms. The zero-order chi connectivity index (χ0) is 15.2. The van der Waals surface area contributed by atoms with E-state index in [0.717, 1.165) is 4.31 Å². The number of methoxy groups -OCH3 is 2. The van der Waals surface area contributed by atoms with E-state index in [1.807, 2.05) is 0 Å². The van der Waals surface area contributed by atoms with E-state index in [9.17, 15) is 13.2 Å². The number of aryl methyl sites for hydroxylation is 1. The van der Waals surface area contributed by atoms with Crippen molar-refractivity contribution < 1.29 is 22.7 Å². The van der Waals surface area contributed by atoms with Crippen molar-refractivity contribution in [2.24, 2.45) is 7.05 Å². The maximum atomic E-state index is 12.4. The second-order valence-electron chi connectivity index (χ2n) is 4.10. The van der Waals surface area contributed by atoms with Crippen LogP contribution in [0.25, 0.3) is 0 Å². The summed E-state index contributed by atoms with van der Waals surface area (Å²) < 4.78 is 36.9. The van der Waals surface area contributed by atoms with E-state index in [4.69, 9.17) is 4.74 Å². The Morgan fingerprint density at radius 1 is 1.40 bits per heavy atom. The van der Waals surface area contributed by atoms with Gasteiger partial charge in [0.15, 0.2) is 5.03 Å². The topological polar surface area (TPSA) is 90.7 Å². The average molecular weight is 305 g/mol. The average Bonchev–Trinajstić information content (AvgIpc) is 2.85. The predicted molar refractivity (Wildman–Crippen MR) is 70.5 cm³/mol. The third kappa shape index (κ3) is 4.29. The molecule has 0 aliphatic heterocycles. The molecule has 0 saturated heterocycles. The summed E-state index contributed by atoms with van der Waals surface area (Å²) in [5.41, 5.74) is 0. The van der Waals surface area contributed by atoms with Crippen molar-refractivity contribution in [3.05, 3.63) is 12.5 Å². The Labute approximate surface area is 118 Å². The first-order valence-corrected chi connectivity index (χ1v) is 7.39.